The Bertz CT molecular complexity index is 1190. The molecule has 0 radical (unpaired) electrons. The number of nitrogens with zero attached hydrogens (tertiary/aromatic N) is 4. The fraction of sp³-hybridized carbons (Fsp3) is 0.0952. The highest BCUT2D eigenvalue weighted by Crippen LogP contribution is 2.30. The van der Waals surface area contributed by atoms with Gasteiger partial charge in [-0.25, -0.2) is 9.78 Å². The lowest BCUT2D eigenvalue weighted by Crippen LogP contribution is -2.26. The van der Waals surface area contributed by atoms with Crippen LogP contribution in [0.5, 0.6) is 0 Å². The lowest BCUT2D eigenvalue weighted by molar-refractivity contribution is -0.131. The van der Waals surface area contributed by atoms with Gasteiger partial charge in [0, 0.05) is 10.6 Å². The van der Waals surface area contributed by atoms with E-state index in [1.165, 1.54) is 11.1 Å². The molecule has 10 heteroatoms. The summed E-state index contributed by atoms with van der Waals surface area (Å²) in [5, 5.41) is 22.9. The van der Waals surface area contributed by atoms with E-state index < -0.39 is 11.9 Å². The van der Waals surface area contributed by atoms with Gasteiger partial charge >= 0.3 is 5.97 Å². The third-order valence-electron chi connectivity index (χ3n) is 4.50. The van der Waals surface area contributed by atoms with E-state index in [-0.39, 0.29) is 16.0 Å². The molecule has 0 saturated carbocycles. The van der Waals surface area contributed by atoms with E-state index in [0.29, 0.717) is 22.2 Å². The molecule has 4 rings (SSSR count). The maximum Gasteiger partial charge on any atom is 0.342 e. The van der Waals surface area contributed by atoms with Crippen LogP contribution in [-0.4, -0.2) is 37.9 Å². The second-order valence-electron chi connectivity index (χ2n) is 6.62. The molecule has 8 nitrogen and oxygen atoms in total. The fourth-order valence-corrected chi connectivity index (χ4v) is 3.80. The number of H-pyrrole nitrogens is 1. The summed E-state index contributed by atoms with van der Waals surface area (Å²) in [6.45, 7) is 1.69. The van der Waals surface area contributed by atoms with E-state index in [1.54, 1.807) is 55.5 Å². The topological polar surface area (TPSA) is 112 Å². The molecule has 0 aliphatic carbocycles. The van der Waals surface area contributed by atoms with Crippen LogP contribution in [0.25, 0.3) is 11.4 Å². The van der Waals surface area contributed by atoms with Gasteiger partial charge in [-0.1, -0.05) is 29.8 Å². The zero-order valence-corrected chi connectivity index (χ0v) is 17.8. The van der Waals surface area contributed by atoms with Gasteiger partial charge in [0.1, 0.15) is 0 Å². The first-order valence-electron chi connectivity index (χ1n) is 9.18. The number of amides is 1. The first kappa shape index (κ1) is 20.8. The van der Waals surface area contributed by atoms with Crippen molar-refractivity contribution in [1.29, 1.82) is 0 Å². The number of nitrogens with one attached hydrogen (secondary N) is 1. The Morgan fingerprint density at radius 2 is 1.90 bits per heavy atom. The highest BCUT2D eigenvalue weighted by Gasteiger charge is 2.34. The number of thioether (sulfide) groups is 1. The quantitative estimate of drug-likeness (QED) is 0.427. The van der Waals surface area contributed by atoms with Gasteiger partial charge in [-0.15, -0.1) is 5.10 Å². The molecular weight excluding hydrogens is 438 g/mol. The molecule has 0 spiro atoms. The largest absolute Gasteiger partial charge is 0.477 e. The summed E-state index contributed by atoms with van der Waals surface area (Å²) >= 11 is 6.76. The van der Waals surface area contributed by atoms with Gasteiger partial charge in [-0.3, -0.25) is 9.89 Å². The van der Waals surface area contributed by atoms with Gasteiger partial charge in [0.15, 0.2) is 5.82 Å². The zero-order valence-electron chi connectivity index (χ0n) is 16.2. The summed E-state index contributed by atoms with van der Waals surface area (Å²) in [5.74, 6) is -1.80. The van der Waals surface area contributed by atoms with Crippen molar-refractivity contribution < 1.29 is 14.7 Å². The molecule has 2 aromatic carbocycles. The van der Waals surface area contributed by atoms with Gasteiger partial charge < -0.3 is 5.11 Å². The number of aromatic nitrogens is 3. The number of para-hydroxylation sites is 1. The predicted octanol–water partition coefficient (Wildman–Crippen LogP) is 4.22. The number of hydrogen-bond acceptors (Lipinski definition) is 6. The van der Waals surface area contributed by atoms with Gasteiger partial charge in [0.2, 0.25) is 5.16 Å². The molecule has 1 aliphatic heterocycles. The Morgan fingerprint density at radius 1 is 1.19 bits per heavy atom. The number of halogens is 1. The van der Waals surface area contributed by atoms with Crippen molar-refractivity contribution in [3.05, 3.63) is 70.6 Å². The molecule has 1 aliphatic rings. The van der Waals surface area contributed by atoms with E-state index in [4.69, 9.17) is 11.6 Å². The molecule has 0 saturated heterocycles. The van der Waals surface area contributed by atoms with Crippen LogP contribution in [0.3, 0.4) is 0 Å². The Labute approximate surface area is 186 Å². The molecule has 3 aromatic rings. The van der Waals surface area contributed by atoms with E-state index in [0.717, 1.165) is 17.3 Å². The predicted molar refractivity (Wildman–Crippen MR) is 119 cm³/mol. The number of carbonyl (C=O) groups is 2. The van der Waals surface area contributed by atoms with E-state index in [2.05, 4.69) is 20.3 Å². The van der Waals surface area contributed by atoms with Gasteiger partial charge in [-0.05, 0) is 61.2 Å². The molecular formula is C21H16ClN5O3S. The van der Waals surface area contributed by atoms with Gasteiger partial charge in [0.25, 0.3) is 5.91 Å². The third-order valence-corrected chi connectivity index (χ3v) is 5.64. The zero-order chi connectivity index (χ0) is 22.0. The number of aromatic amines is 1. The number of rotatable bonds is 6. The minimum absolute atomic E-state index is 0.0653. The Kier molecular flexibility index (Phi) is 5.88. The molecule has 0 fully saturated rings. The normalized spacial score (nSPS) is 16.5. The van der Waals surface area contributed by atoms with Crippen LogP contribution >= 0.6 is 23.4 Å². The smallest absolute Gasteiger partial charge is 0.342 e. The van der Waals surface area contributed by atoms with Crippen LogP contribution < -0.4 is 5.01 Å². The summed E-state index contributed by atoms with van der Waals surface area (Å²) in [6, 6.07) is 16.0. The molecule has 1 amide bonds. The van der Waals surface area contributed by atoms with E-state index in [1.807, 2.05) is 6.07 Å². The molecule has 31 heavy (non-hydrogen) atoms. The third kappa shape index (κ3) is 4.52. The molecule has 0 bridgehead atoms. The number of hydrogen-bond donors (Lipinski definition) is 2. The van der Waals surface area contributed by atoms with Crippen molar-refractivity contribution in [2.24, 2.45) is 11.0 Å². The molecule has 2 heterocycles. The maximum atomic E-state index is 12.9. The van der Waals surface area contributed by atoms with E-state index >= 15 is 0 Å². The van der Waals surface area contributed by atoms with Crippen molar-refractivity contribution in [3.63, 3.8) is 0 Å². The van der Waals surface area contributed by atoms with Crippen LogP contribution in [0.4, 0.5) is 5.69 Å². The van der Waals surface area contributed by atoms with Crippen LogP contribution in [0.15, 0.2) is 75.8 Å². The van der Waals surface area contributed by atoms with Crippen molar-refractivity contribution >= 4 is 46.6 Å². The number of hydrazone groups is 1. The number of aliphatic carboxylic acids is 1. The molecule has 1 atom stereocenters. The van der Waals surface area contributed by atoms with Crippen LogP contribution in [0, 0.1) is 5.92 Å². The highest BCUT2D eigenvalue weighted by atomic mass is 35.5. The van der Waals surface area contributed by atoms with Crippen LogP contribution in [0.2, 0.25) is 5.02 Å². The molecule has 0 unspecified atom stereocenters. The van der Waals surface area contributed by atoms with Crippen molar-refractivity contribution in [1.82, 2.24) is 15.2 Å². The minimum atomic E-state index is -1.18. The second kappa shape index (κ2) is 8.75. The Balaban J connectivity index is 1.56. The van der Waals surface area contributed by atoms with Crippen LogP contribution in [0.1, 0.15) is 6.92 Å². The first-order valence-corrected chi connectivity index (χ1v) is 10.4. The monoisotopic (exact) mass is 453 g/mol. The SMILES string of the molecule is CC1=NN(c2ccccc2)C(=O)[C@H]1/C=C(/Sc1n[nH]c(-c2ccc(Cl)cc2)n1)C(=O)O. The van der Waals surface area contributed by atoms with Crippen molar-refractivity contribution in [3.8, 4) is 11.4 Å². The number of carboxylic acids is 1. The highest BCUT2D eigenvalue weighted by molar-refractivity contribution is 8.03. The number of carbonyl (C=O) groups excluding carboxylic acids is 1. The fourth-order valence-electron chi connectivity index (χ4n) is 2.95. The van der Waals surface area contributed by atoms with Crippen molar-refractivity contribution in [2.45, 2.75) is 12.1 Å². The summed E-state index contributed by atoms with van der Waals surface area (Å²) in [7, 11) is 0. The average Bonchev–Trinajstić information content (AvgIpc) is 3.34. The summed E-state index contributed by atoms with van der Waals surface area (Å²) < 4.78 is 0. The van der Waals surface area contributed by atoms with Gasteiger partial charge in [0.05, 0.1) is 22.2 Å². The van der Waals surface area contributed by atoms with Crippen molar-refractivity contribution in [2.75, 3.05) is 5.01 Å². The second-order valence-corrected chi connectivity index (χ2v) is 8.06. The Morgan fingerprint density at radius 3 is 2.58 bits per heavy atom. The summed E-state index contributed by atoms with van der Waals surface area (Å²) in [5.41, 5.74) is 1.89. The molecule has 2 N–H and O–H groups in total. The van der Waals surface area contributed by atoms with E-state index in [9.17, 15) is 14.7 Å². The van der Waals surface area contributed by atoms with Crippen LogP contribution in [-0.2, 0) is 9.59 Å². The lowest BCUT2D eigenvalue weighted by atomic mass is 10.0. The maximum absolute atomic E-state index is 12.9. The number of benzene rings is 2. The first-order chi connectivity index (χ1) is 14.9. The minimum Gasteiger partial charge on any atom is -0.477 e. The number of carboxylic acid groups (broad SMARTS) is 1. The molecule has 156 valence electrons. The molecule has 1 aromatic heterocycles. The summed E-state index contributed by atoms with van der Waals surface area (Å²) in [6.07, 6.45) is 1.38. The summed E-state index contributed by atoms with van der Waals surface area (Å²) in [4.78, 5) is 29.0. The standard InChI is InChI=1S/C21H16ClN5O3S/c1-12-16(19(28)27(26-12)15-5-3-2-4-6-15)11-17(20(29)30)31-21-23-18(24-25-21)13-7-9-14(22)10-8-13/h2-11,16H,1H3,(H,29,30)(H,23,24,25)/b17-11+/t16-/m0/s1. The lowest BCUT2D eigenvalue weighted by Gasteiger charge is -2.12. The van der Waals surface area contributed by atoms with Gasteiger partial charge in [-0.2, -0.15) is 10.1 Å². The average molecular weight is 454 g/mol. The number of anilines is 1. The Hall–Kier alpha value is -3.43.